The van der Waals surface area contributed by atoms with E-state index in [4.69, 9.17) is 35.9 Å². The molecule has 0 radical (unpaired) electrons. The number of nitrogens with zero attached hydrogens (tertiary/aromatic N) is 2. The predicted octanol–water partition coefficient (Wildman–Crippen LogP) is 5.09. The van der Waals surface area contributed by atoms with Crippen LogP contribution in [0, 0.1) is 13.8 Å². The minimum absolute atomic E-state index is 0.0217. The van der Waals surface area contributed by atoms with Gasteiger partial charge in [0.15, 0.2) is 33.2 Å². The number of hydrazone groups is 2. The van der Waals surface area contributed by atoms with E-state index >= 15 is 0 Å². The first-order valence-corrected chi connectivity index (χ1v) is 15.0. The molecule has 0 aromatic heterocycles. The summed E-state index contributed by atoms with van der Waals surface area (Å²) in [6, 6.07) is 3.16. The Morgan fingerprint density at radius 3 is 1.70 bits per heavy atom. The highest BCUT2D eigenvalue weighted by atomic mass is 32.1. The van der Waals surface area contributed by atoms with Gasteiger partial charge in [0.05, 0.1) is 18.0 Å². The van der Waals surface area contributed by atoms with Crippen molar-refractivity contribution in [3.05, 3.63) is 45.5 Å². The summed E-state index contributed by atoms with van der Waals surface area (Å²) in [5, 5.41) is 77.0. The number of hydrogen-bond donors (Lipinski definition) is 10. The molecule has 14 heteroatoms. The summed E-state index contributed by atoms with van der Waals surface area (Å²) in [6.07, 6.45) is 2.41. The summed E-state index contributed by atoms with van der Waals surface area (Å²) >= 11 is 9.61. The summed E-state index contributed by atoms with van der Waals surface area (Å²) in [5.41, 5.74) is 18.1. The molecule has 0 saturated heterocycles. The fourth-order valence-electron chi connectivity index (χ4n) is 6.00. The van der Waals surface area contributed by atoms with E-state index in [0.717, 1.165) is 0 Å². The smallest absolute Gasteiger partial charge is 0.184 e. The first-order chi connectivity index (χ1) is 21.5. The molecule has 0 heterocycles. The van der Waals surface area contributed by atoms with E-state index in [1.165, 1.54) is 18.5 Å². The normalized spacial score (nSPS) is 11.9. The number of phenols is 6. The van der Waals surface area contributed by atoms with Gasteiger partial charge in [-0.1, -0.05) is 33.8 Å². The Kier molecular flexibility index (Phi) is 9.36. The van der Waals surface area contributed by atoms with Gasteiger partial charge in [-0.15, -0.1) is 0 Å². The number of phenolic OH excluding ortho intramolecular Hbond substituents is 6. The second kappa shape index (κ2) is 12.7. The lowest BCUT2D eigenvalue weighted by atomic mass is 9.82. The van der Waals surface area contributed by atoms with Crippen LogP contribution in [0.1, 0.15) is 72.9 Å². The van der Waals surface area contributed by atoms with Crippen molar-refractivity contribution in [2.45, 2.75) is 53.4 Å². The van der Waals surface area contributed by atoms with Crippen LogP contribution in [-0.4, -0.2) is 53.3 Å². The van der Waals surface area contributed by atoms with Gasteiger partial charge in [0, 0.05) is 33.2 Å². The lowest BCUT2D eigenvalue weighted by Crippen LogP contribution is -2.24. The van der Waals surface area contributed by atoms with Crippen LogP contribution in [0.4, 0.5) is 0 Å². The predicted molar refractivity (Wildman–Crippen MR) is 190 cm³/mol. The number of nitrogens with one attached hydrogen (secondary N) is 2. The van der Waals surface area contributed by atoms with Crippen molar-refractivity contribution in [2.24, 2.45) is 21.7 Å². The second-order valence-corrected chi connectivity index (χ2v) is 12.4. The fourth-order valence-corrected chi connectivity index (χ4v) is 6.11. The van der Waals surface area contributed by atoms with Gasteiger partial charge in [-0.3, -0.25) is 10.9 Å². The molecule has 0 atom stereocenters. The minimum Gasteiger partial charge on any atom is -0.507 e. The Morgan fingerprint density at radius 2 is 1.17 bits per heavy atom. The van der Waals surface area contributed by atoms with Gasteiger partial charge >= 0.3 is 0 Å². The summed E-state index contributed by atoms with van der Waals surface area (Å²) in [7, 11) is 0. The van der Waals surface area contributed by atoms with Crippen molar-refractivity contribution < 1.29 is 30.6 Å². The van der Waals surface area contributed by atoms with Crippen molar-refractivity contribution in [1.29, 1.82) is 0 Å². The van der Waals surface area contributed by atoms with E-state index in [1.807, 2.05) is 27.7 Å². The van der Waals surface area contributed by atoms with Crippen LogP contribution >= 0.6 is 24.4 Å². The number of rotatable bonds is 7. The van der Waals surface area contributed by atoms with Crippen molar-refractivity contribution in [1.82, 2.24) is 10.9 Å². The third-order valence-electron chi connectivity index (χ3n) is 7.78. The van der Waals surface area contributed by atoms with Gasteiger partial charge in [0.2, 0.25) is 0 Å². The number of aromatic hydroxyl groups is 6. The highest BCUT2D eigenvalue weighted by molar-refractivity contribution is 7.80. The van der Waals surface area contributed by atoms with Crippen LogP contribution in [0.2, 0.25) is 0 Å². The molecule has 0 spiro atoms. The Bertz CT molecular complexity index is 2010. The monoisotopic (exact) mass is 664 g/mol. The average Bonchev–Trinajstić information content (AvgIpc) is 2.94. The molecular weight excluding hydrogens is 629 g/mol. The van der Waals surface area contributed by atoms with Crippen LogP contribution in [0.3, 0.4) is 0 Å². The van der Waals surface area contributed by atoms with Crippen molar-refractivity contribution in [2.75, 3.05) is 0 Å². The highest BCUT2D eigenvalue weighted by Crippen LogP contribution is 2.53. The van der Waals surface area contributed by atoms with Crippen molar-refractivity contribution in [3.8, 4) is 45.6 Å². The molecule has 0 bridgehead atoms. The third kappa shape index (κ3) is 5.72. The van der Waals surface area contributed by atoms with E-state index in [-0.39, 0.29) is 72.7 Å². The van der Waals surface area contributed by atoms with E-state index in [9.17, 15) is 30.6 Å². The molecule has 4 rings (SSSR count). The highest BCUT2D eigenvalue weighted by Gasteiger charge is 2.29. The lowest BCUT2D eigenvalue weighted by Gasteiger charge is -2.24. The topological polar surface area (TPSA) is 222 Å². The molecule has 0 fully saturated rings. The minimum atomic E-state index is -0.522. The molecule has 12 N–H and O–H groups in total. The number of thiocarbonyl (C=S) groups is 2. The maximum Gasteiger partial charge on any atom is 0.184 e. The Hall–Kier alpha value is -5.08. The zero-order chi connectivity index (χ0) is 34.4. The quantitative estimate of drug-likeness (QED) is 0.0540. The lowest BCUT2D eigenvalue weighted by molar-refractivity contribution is 0.398. The first-order valence-electron chi connectivity index (χ1n) is 14.2. The molecule has 4 aromatic carbocycles. The molecule has 46 heavy (non-hydrogen) atoms. The largest absolute Gasteiger partial charge is 0.507 e. The molecule has 12 nitrogen and oxygen atoms in total. The van der Waals surface area contributed by atoms with Crippen LogP contribution in [-0.2, 0) is 0 Å². The number of benzene rings is 4. The van der Waals surface area contributed by atoms with Crippen molar-refractivity contribution in [3.63, 3.8) is 0 Å². The van der Waals surface area contributed by atoms with Gasteiger partial charge in [-0.05, 0) is 83.5 Å². The number of nitrogens with two attached hydrogens (primary N) is 2. The van der Waals surface area contributed by atoms with Gasteiger partial charge < -0.3 is 42.1 Å². The molecule has 0 aliphatic heterocycles. The number of aryl methyl sites for hydroxylation is 2. The van der Waals surface area contributed by atoms with Gasteiger partial charge in [-0.25, -0.2) is 0 Å². The molecule has 242 valence electrons. The fraction of sp³-hybridized carbons (Fsp3) is 0.250. The summed E-state index contributed by atoms with van der Waals surface area (Å²) in [6.45, 7) is 10.8. The third-order valence-corrected chi connectivity index (χ3v) is 7.97. The summed E-state index contributed by atoms with van der Waals surface area (Å²) < 4.78 is 0. The van der Waals surface area contributed by atoms with Crippen LogP contribution < -0.4 is 22.3 Å². The number of fused-ring (bicyclic) bond motifs is 2. The maximum absolute atomic E-state index is 12.0. The molecule has 0 unspecified atom stereocenters. The Morgan fingerprint density at radius 1 is 0.674 bits per heavy atom. The Labute approximate surface area is 275 Å². The molecule has 0 amide bonds. The second-order valence-electron chi connectivity index (χ2n) is 11.5. The van der Waals surface area contributed by atoms with Crippen LogP contribution in [0.25, 0.3) is 32.7 Å². The van der Waals surface area contributed by atoms with E-state index < -0.39 is 11.5 Å². The Balaban J connectivity index is 2.21. The van der Waals surface area contributed by atoms with Crippen molar-refractivity contribution >= 4 is 68.6 Å². The summed E-state index contributed by atoms with van der Waals surface area (Å²) in [5.74, 6) is -2.82. The SMILES string of the molecule is Cc1cc2c(C(C)C)c(O)c(O)c(/C=N/NC(N)=S)c2c(O)c1-c1c(O)cc2c(/C=N/NC(N)=S)c(O)c(O)c(C(C)C)c2c1C. The first kappa shape index (κ1) is 33.8. The zero-order valence-electron chi connectivity index (χ0n) is 26.0. The zero-order valence-corrected chi connectivity index (χ0v) is 27.6. The van der Waals surface area contributed by atoms with Gasteiger partial charge in [0.25, 0.3) is 0 Å². The standard InChI is InChI=1S/C32H36N6O6S2/c1-11(2)20-16-7-13(5)22(28(42)25(16)18(27(41)29(20)43)10-36-38-32(34)46)24-14(6)23-15(8-19(24)39)17(9-35-37-31(33)45)26(40)30(44)21(23)12(3)4/h7-12,39-44H,1-6H3,(H3,33,37,45)(H3,34,38,46)/b35-9+,36-10+. The molecular formula is C32H36N6O6S2. The molecule has 0 saturated carbocycles. The van der Waals surface area contributed by atoms with E-state index in [0.29, 0.717) is 38.4 Å². The molecule has 0 aliphatic rings. The average molecular weight is 665 g/mol. The number of hydrogen-bond acceptors (Lipinski definition) is 10. The maximum atomic E-state index is 12.0. The van der Waals surface area contributed by atoms with E-state index in [2.05, 4.69) is 21.1 Å². The molecule has 0 aliphatic carbocycles. The van der Waals surface area contributed by atoms with Crippen LogP contribution in [0.15, 0.2) is 22.3 Å². The van der Waals surface area contributed by atoms with Gasteiger partial charge in [-0.2, -0.15) is 10.2 Å². The molecule has 4 aromatic rings. The van der Waals surface area contributed by atoms with E-state index in [1.54, 1.807) is 19.9 Å². The summed E-state index contributed by atoms with van der Waals surface area (Å²) in [4.78, 5) is 0. The van der Waals surface area contributed by atoms with Gasteiger partial charge in [0.1, 0.15) is 11.5 Å². The van der Waals surface area contributed by atoms with Crippen LogP contribution in [0.5, 0.6) is 34.5 Å².